The number of anilines is 1. The summed E-state index contributed by atoms with van der Waals surface area (Å²) in [4.78, 5) is 28.3. The van der Waals surface area contributed by atoms with Gasteiger partial charge in [0, 0.05) is 18.3 Å². The lowest BCUT2D eigenvalue weighted by Crippen LogP contribution is -2.20. The lowest BCUT2D eigenvalue weighted by atomic mass is 10.2. The van der Waals surface area contributed by atoms with Crippen molar-refractivity contribution in [2.75, 3.05) is 12.4 Å². The predicted molar refractivity (Wildman–Crippen MR) is 92.9 cm³/mol. The normalized spacial score (nSPS) is 10.6. The Morgan fingerprint density at radius 2 is 1.79 bits per heavy atom. The Kier molecular flexibility index (Phi) is 4.29. The minimum Gasteiger partial charge on any atom is -0.355 e. The molecule has 0 aliphatic rings. The molecule has 1 aromatic heterocycles. The number of amides is 2. The third-order valence-corrected chi connectivity index (χ3v) is 3.81. The van der Waals surface area contributed by atoms with Crippen molar-refractivity contribution in [3.63, 3.8) is 0 Å². The Morgan fingerprint density at radius 1 is 1.08 bits per heavy atom. The van der Waals surface area contributed by atoms with Gasteiger partial charge < -0.3 is 15.2 Å². The summed E-state index contributed by atoms with van der Waals surface area (Å²) in [6.45, 7) is 2.06. The molecular weight excluding hydrogens is 304 g/mol. The van der Waals surface area contributed by atoms with Crippen LogP contribution in [-0.2, 0) is 11.3 Å². The number of nitrogens with one attached hydrogen (secondary N) is 2. The summed E-state index contributed by atoms with van der Waals surface area (Å²) in [5.74, 6) is 0.489. The number of para-hydroxylation sites is 2. The number of hydrogen-bond acceptors (Lipinski definition) is 3. The summed E-state index contributed by atoms with van der Waals surface area (Å²) in [6.07, 6.45) is 0. The first kappa shape index (κ1) is 15.7. The average molecular weight is 322 g/mol. The number of fused-ring (bicyclic) bond motifs is 1. The van der Waals surface area contributed by atoms with Crippen molar-refractivity contribution in [1.29, 1.82) is 0 Å². The van der Waals surface area contributed by atoms with E-state index < -0.39 is 0 Å². The Morgan fingerprint density at radius 3 is 2.50 bits per heavy atom. The quantitative estimate of drug-likeness (QED) is 0.774. The van der Waals surface area contributed by atoms with Crippen LogP contribution in [0.4, 0.5) is 5.69 Å². The number of carbonyl (C=O) groups excluding carboxylic acids is 2. The van der Waals surface area contributed by atoms with Gasteiger partial charge in [-0.25, -0.2) is 4.98 Å². The molecule has 3 rings (SSSR count). The van der Waals surface area contributed by atoms with E-state index in [9.17, 15) is 9.59 Å². The largest absolute Gasteiger partial charge is 0.355 e. The molecule has 24 heavy (non-hydrogen) atoms. The molecule has 2 aromatic carbocycles. The van der Waals surface area contributed by atoms with E-state index in [0.717, 1.165) is 16.9 Å². The van der Waals surface area contributed by atoms with E-state index in [1.807, 2.05) is 35.8 Å². The first-order chi connectivity index (χ1) is 11.6. The highest BCUT2D eigenvalue weighted by atomic mass is 16.2. The van der Waals surface area contributed by atoms with Crippen LogP contribution < -0.4 is 10.6 Å². The topological polar surface area (TPSA) is 76.0 Å². The van der Waals surface area contributed by atoms with Gasteiger partial charge in [-0.05, 0) is 43.3 Å². The van der Waals surface area contributed by atoms with Crippen molar-refractivity contribution in [3.05, 3.63) is 59.9 Å². The molecular formula is C18H18N4O2. The van der Waals surface area contributed by atoms with Gasteiger partial charge in [0.2, 0.25) is 5.91 Å². The summed E-state index contributed by atoms with van der Waals surface area (Å²) in [7, 11) is 1.58. The minimum absolute atomic E-state index is 0.144. The molecule has 0 aliphatic carbocycles. The molecule has 2 N–H and O–H groups in total. The third-order valence-electron chi connectivity index (χ3n) is 3.81. The van der Waals surface area contributed by atoms with Crippen molar-refractivity contribution < 1.29 is 9.59 Å². The van der Waals surface area contributed by atoms with Crippen LogP contribution in [0.1, 0.15) is 16.2 Å². The molecule has 0 fully saturated rings. The fourth-order valence-corrected chi connectivity index (χ4v) is 2.59. The first-order valence-electron chi connectivity index (χ1n) is 7.62. The van der Waals surface area contributed by atoms with Gasteiger partial charge in [-0.2, -0.15) is 0 Å². The average Bonchev–Trinajstić information content (AvgIpc) is 2.90. The van der Waals surface area contributed by atoms with Crippen LogP contribution in [0.3, 0.4) is 0 Å². The second-order valence-corrected chi connectivity index (χ2v) is 5.44. The lowest BCUT2D eigenvalue weighted by Gasteiger charge is -2.09. The Balaban J connectivity index is 1.73. The number of imidazole rings is 1. The number of benzene rings is 2. The van der Waals surface area contributed by atoms with Crippen molar-refractivity contribution >= 4 is 28.5 Å². The summed E-state index contributed by atoms with van der Waals surface area (Å²) in [6, 6.07) is 14.5. The van der Waals surface area contributed by atoms with E-state index in [1.54, 1.807) is 31.3 Å². The van der Waals surface area contributed by atoms with E-state index >= 15 is 0 Å². The van der Waals surface area contributed by atoms with Crippen LogP contribution in [0.25, 0.3) is 11.0 Å². The smallest absolute Gasteiger partial charge is 0.251 e. The molecule has 0 unspecified atom stereocenters. The van der Waals surface area contributed by atoms with Gasteiger partial charge in [-0.1, -0.05) is 12.1 Å². The number of aryl methyl sites for hydroxylation is 1. The second-order valence-electron chi connectivity index (χ2n) is 5.44. The molecule has 0 spiro atoms. The highest BCUT2D eigenvalue weighted by Crippen LogP contribution is 2.16. The van der Waals surface area contributed by atoms with Crippen LogP contribution in [0, 0.1) is 6.92 Å². The Bertz CT molecular complexity index is 897. The molecule has 6 nitrogen and oxygen atoms in total. The van der Waals surface area contributed by atoms with Gasteiger partial charge in [-0.15, -0.1) is 0 Å². The van der Waals surface area contributed by atoms with Gasteiger partial charge in [0.05, 0.1) is 11.0 Å². The highest BCUT2D eigenvalue weighted by Gasteiger charge is 2.11. The van der Waals surface area contributed by atoms with Crippen LogP contribution in [0.5, 0.6) is 0 Å². The first-order valence-corrected chi connectivity index (χ1v) is 7.62. The molecule has 0 radical (unpaired) electrons. The monoisotopic (exact) mass is 322 g/mol. The van der Waals surface area contributed by atoms with Crippen LogP contribution in [0.15, 0.2) is 48.5 Å². The molecule has 2 amide bonds. The lowest BCUT2D eigenvalue weighted by molar-refractivity contribution is -0.116. The van der Waals surface area contributed by atoms with Gasteiger partial charge in [-0.3, -0.25) is 9.59 Å². The summed E-state index contributed by atoms with van der Waals surface area (Å²) in [5, 5.41) is 5.39. The molecule has 122 valence electrons. The zero-order valence-corrected chi connectivity index (χ0v) is 13.5. The molecule has 3 aromatic rings. The van der Waals surface area contributed by atoms with Gasteiger partial charge in [0.25, 0.3) is 5.91 Å². The second kappa shape index (κ2) is 6.54. The number of carbonyl (C=O) groups is 2. The number of aromatic nitrogens is 2. The summed E-state index contributed by atoms with van der Waals surface area (Å²) < 4.78 is 1.88. The molecule has 0 saturated heterocycles. The fourth-order valence-electron chi connectivity index (χ4n) is 2.59. The van der Waals surface area contributed by atoms with Crippen molar-refractivity contribution in [2.45, 2.75) is 13.5 Å². The van der Waals surface area contributed by atoms with E-state index in [-0.39, 0.29) is 18.4 Å². The maximum absolute atomic E-state index is 12.3. The molecule has 0 bridgehead atoms. The Hall–Kier alpha value is -3.15. The summed E-state index contributed by atoms with van der Waals surface area (Å²) in [5.41, 5.74) is 3.00. The maximum Gasteiger partial charge on any atom is 0.251 e. The standard InChI is InChI=1S/C18H18N4O2/c1-12-20-15-5-3-4-6-16(15)22(12)11-17(23)21-14-9-7-13(8-10-14)18(24)19-2/h3-10H,11H2,1-2H3,(H,19,24)(H,21,23). The summed E-state index contributed by atoms with van der Waals surface area (Å²) >= 11 is 0. The fraction of sp³-hybridized carbons (Fsp3) is 0.167. The molecule has 6 heteroatoms. The third kappa shape index (κ3) is 3.12. The van der Waals surface area contributed by atoms with Crippen molar-refractivity contribution in [3.8, 4) is 0 Å². The Labute approximate surface area is 139 Å². The van der Waals surface area contributed by atoms with Crippen molar-refractivity contribution in [2.24, 2.45) is 0 Å². The van der Waals surface area contributed by atoms with E-state index in [1.165, 1.54) is 0 Å². The van der Waals surface area contributed by atoms with E-state index in [0.29, 0.717) is 11.3 Å². The number of rotatable bonds is 4. The van der Waals surface area contributed by atoms with E-state index in [4.69, 9.17) is 0 Å². The van der Waals surface area contributed by atoms with Gasteiger partial charge in [0.1, 0.15) is 12.4 Å². The van der Waals surface area contributed by atoms with Crippen LogP contribution in [-0.4, -0.2) is 28.4 Å². The van der Waals surface area contributed by atoms with Gasteiger partial charge in [0.15, 0.2) is 0 Å². The van der Waals surface area contributed by atoms with Crippen LogP contribution in [0.2, 0.25) is 0 Å². The van der Waals surface area contributed by atoms with Crippen molar-refractivity contribution in [1.82, 2.24) is 14.9 Å². The highest BCUT2D eigenvalue weighted by molar-refractivity contribution is 5.95. The van der Waals surface area contributed by atoms with E-state index in [2.05, 4.69) is 15.6 Å². The zero-order valence-electron chi connectivity index (χ0n) is 13.5. The SMILES string of the molecule is CNC(=O)c1ccc(NC(=O)Cn2c(C)nc3ccccc32)cc1. The number of nitrogens with zero attached hydrogens (tertiary/aromatic N) is 2. The molecule has 1 heterocycles. The molecule has 0 saturated carbocycles. The molecule has 0 atom stereocenters. The maximum atomic E-state index is 12.3. The van der Waals surface area contributed by atoms with Crippen LogP contribution >= 0.6 is 0 Å². The van der Waals surface area contributed by atoms with Gasteiger partial charge >= 0.3 is 0 Å². The number of hydrogen-bond donors (Lipinski definition) is 2. The zero-order chi connectivity index (χ0) is 17.1. The predicted octanol–water partition coefficient (Wildman–Crippen LogP) is 2.34. The minimum atomic E-state index is -0.159. The molecule has 0 aliphatic heterocycles.